The third kappa shape index (κ3) is 3.14. The minimum absolute atomic E-state index is 0.473. The molecule has 1 N–H and O–H groups in total. The number of aryl methyl sites for hydroxylation is 1. The lowest BCUT2D eigenvalue weighted by atomic mass is 9.71. The van der Waals surface area contributed by atoms with Gasteiger partial charge in [-0.1, -0.05) is 44.5 Å². The summed E-state index contributed by atoms with van der Waals surface area (Å²) in [5, 5.41) is 10.9. The standard InChI is InChI=1S/C17H26O/c1-13(2)15-9-6-10-17(18,11-15)12-16-8-5-4-7-14(16)3/h4-5,7-8,13,15,18H,6,9-12H2,1-3H3. The molecule has 0 bridgehead atoms. The Bertz CT molecular complexity index is 396. The third-order valence-electron chi connectivity index (χ3n) is 4.58. The SMILES string of the molecule is Cc1ccccc1CC1(O)CCCC(C(C)C)C1. The molecule has 1 aromatic carbocycles. The summed E-state index contributed by atoms with van der Waals surface area (Å²) in [6.07, 6.45) is 5.21. The van der Waals surface area contributed by atoms with Gasteiger partial charge in [-0.05, 0) is 49.1 Å². The minimum Gasteiger partial charge on any atom is -0.390 e. The monoisotopic (exact) mass is 246 g/mol. The van der Waals surface area contributed by atoms with E-state index < -0.39 is 5.60 Å². The van der Waals surface area contributed by atoms with Crippen molar-refractivity contribution in [2.75, 3.05) is 0 Å². The van der Waals surface area contributed by atoms with Gasteiger partial charge in [0.25, 0.3) is 0 Å². The number of aliphatic hydroxyl groups is 1. The van der Waals surface area contributed by atoms with E-state index in [1.807, 2.05) is 0 Å². The first kappa shape index (κ1) is 13.6. The summed E-state index contributed by atoms with van der Waals surface area (Å²) in [7, 11) is 0. The Labute approximate surface area is 111 Å². The van der Waals surface area contributed by atoms with Gasteiger partial charge < -0.3 is 5.11 Å². The quantitative estimate of drug-likeness (QED) is 0.850. The zero-order chi connectivity index (χ0) is 13.2. The van der Waals surface area contributed by atoms with Gasteiger partial charge in [0, 0.05) is 6.42 Å². The van der Waals surface area contributed by atoms with Crippen molar-refractivity contribution < 1.29 is 5.11 Å². The third-order valence-corrected chi connectivity index (χ3v) is 4.58. The molecular formula is C17H26O. The fourth-order valence-electron chi connectivity index (χ4n) is 3.28. The molecule has 0 amide bonds. The van der Waals surface area contributed by atoms with Crippen LogP contribution in [0.3, 0.4) is 0 Å². The Hall–Kier alpha value is -0.820. The van der Waals surface area contributed by atoms with Crippen LogP contribution in [0, 0.1) is 18.8 Å². The molecule has 0 heterocycles. The van der Waals surface area contributed by atoms with Crippen LogP contribution in [0.5, 0.6) is 0 Å². The van der Waals surface area contributed by atoms with Crippen LogP contribution in [0.25, 0.3) is 0 Å². The molecule has 0 aliphatic heterocycles. The summed E-state index contributed by atoms with van der Waals surface area (Å²) < 4.78 is 0. The zero-order valence-electron chi connectivity index (χ0n) is 11.9. The second-order valence-corrected chi connectivity index (χ2v) is 6.43. The van der Waals surface area contributed by atoms with Crippen LogP contribution in [0.15, 0.2) is 24.3 Å². The molecule has 0 aromatic heterocycles. The first-order valence-corrected chi connectivity index (χ1v) is 7.27. The molecule has 2 atom stereocenters. The number of rotatable bonds is 3. The fourth-order valence-corrected chi connectivity index (χ4v) is 3.28. The molecule has 0 saturated heterocycles. The largest absolute Gasteiger partial charge is 0.390 e. The van der Waals surface area contributed by atoms with E-state index >= 15 is 0 Å². The lowest BCUT2D eigenvalue weighted by molar-refractivity contribution is -0.0240. The molecule has 100 valence electrons. The van der Waals surface area contributed by atoms with Crippen LogP contribution in [0.1, 0.15) is 50.7 Å². The summed E-state index contributed by atoms with van der Waals surface area (Å²) in [6, 6.07) is 8.45. The topological polar surface area (TPSA) is 20.2 Å². The van der Waals surface area contributed by atoms with Crippen molar-refractivity contribution in [3.63, 3.8) is 0 Å². The van der Waals surface area contributed by atoms with Crippen molar-refractivity contribution >= 4 is 0 Å². The Kier molecular flexibility index (Phi) is 4.11. The maximum atomic E-state index is 10.9. The molecule has 2 unspecified atom stereocenters. The highest BCUT2D eigenvalue weighted by molar-refractivity contribution is 5.27. The maximum absolute atomic E-state index is 10.9. The molecule has 1 saturated carbocycles. The molecule has 1 nitrogen and oxygen atoms in total. The van der Waals surface area contributed by atoms with Gasteiger partial charge in [0.05, 0.1) is 5.60 Å². The first-order valence-electron chi connectivity index (χ1n) is 7.27. The predicted molar refractivity (Wildman–Crippen MR) is 76.6 cm³/mol. The molecule has 1 aliphatic carbocycles. The van der Waals surface area contributed by atoms with Crippen molar-refractivity contribution in [3.05, 3.63) is 35.4 Å². The molecule has 1 aromatic rings. The Morgan fingerprint density at radius 2 is 2.06 bits per heavy atom. The fraction of sp³-hybridized carbons (Fsp3) is 0.647. The van der Waals surface area contributed by atoms with E-state index in [9.17, 15) is 5.11 Å². The predicted octanol–water partition coefficient (Wildman–Crippen LogP) is 4.11. The lowest BCUT2D eigenvalue weighted by Gasteiger charge is -2.39. The molecule has 2 rings (SSSR count). The second kappa shape index (κ2) is 5.44. The smallest absolute Gasteiger partial charge is 0.0690 e. The highest BCUT2D eigenvalue weighted by Crippen LogP contribution is 2.38. The summed E-state index contributed by atoms with van der Waals surface area (Å²) in [5.74, 6) is 1.38. The second-order valence-electron chi connectivity index (χ2n) is 6.43. The maximum Gasteiger partial charge on any atom is 0.0690 e. The van der Waals surface area contributed by atoms with Crippen molar-refractivity contribution in [2.24, 2.45) is 11.8 Å². The first-order chi connectivity index (χ1) is 8.50. The normalized spacial score (nSPS) is 28.6. The van der Waals surface area contributed by atoms with E-state index in [1.165, 1.54) is 24.0 Å². The van der Waals surface area contributed by atoms with Gasteiger partial charge in [0.2, 0.25) is 0 Å². The summed E-state index contributed by atoms with van der Waals surface area (Å²) in [6.45, 7) is 6.70. The van der Waals surface area contributed by atoms with Gasteiger partial charge in [0.15, 0.2) is 0 Å². The molecule has 0 radical (unpaired) electrons. The zero-order valence-corrected chi connectivity index (χ0v) is 11.9. The van der Waals surface area contributed by atoms with Crippen LogP contribution in [0.2, 0.25) is 0 Å². The van der Waals surface area contributed by atoms with Crippen LogP contribution in [-0.2, 0) is 6.42 Å². The molecule has 1 fully saturated rings. The van der Waals surface area contributed by atoms with E-state index in [1.54, 1.807) is 0 Å². The van der Waals surface area contributed by atoms with Gasteiger partial charge in [0.1, 0.15) is 0 Å². The van der Waals surface area contributed by atoms with Crippen molar-refractivity contribution in [3.8, 4) is 0 Å². The number of hydrogen-bond donors (Lipinski definition) is 1. The number of hydrogen-bond acceptors (Lipinski definition) is 1. The van der Waals surface area contributed by atoms with Crippen LogP contribution >= 0.6 is 0 Å². The number of benzene rings is 1. The summed E-state index contributed by atoms with van der Waals surface area (Å²) >= 11 is 0. The Balaban J connectivity index is 2.09. The van der Waals surface area contributed by atoms with Gasteiger partial charge in [-0.25, -0.2) is 0 Å². The average molecular weight is 246 g/mol. The average Bonchev–Trinajstić information content (AvgIpc) is 2.32. The lowest BCUT2D eigenvalue weighted by Crippen LogP contribution is -2.39. The van der Waals surface area contributed by atoms with Gasteiger partial charge in [-0.3, -0.25) is 0 Å². The van der Waals surface area contributed by atoms with Crippen molar-refractivity contribution in [2.45, 2.75) is 58.5 Å². The van der Waals surface area contributed by atoms with Gasteiger partial charge >= 0.3 is 0 Å². The van der Waals surface area contributed by atoms with Crippen LogP contribution in [-0.4, -0.2) is 10.7 Å². The summed E-state index contributed by atoms with van der Waals surface area (Å²) in [4.78, 5) is 0. The van der Waals surface area contributed by atoms with E-state index in [4.69, 9.17) is 0 Å². The minimum atomic E-state index is -0.473. The van der Waals surface area contributed by atoms with E-state index in [0.717, 1.165) is 19.3 Å². The highest BCUT2D eigenvalue weighted by Gasteiger charge is 2.35. The molecule has 1 heteroatoms. The Morgan fingerprint density at radius 1 is 1.33 bits per heavy atom. The van der Waals surface area contributed by atoms with Crippen LogP contribution < -0.4 is 0 Å². The van der Waals surface area contributed by atoms with Crippen molar-refractivity contribution in [1.82, 2.24) is 0 Å². The van der Waals surface area contributed by atoms with E-state index in [2.05, 4.69) is 45.0 Å². The van der Waals surface area contributed by atoms with Crippen LogP contribution in [0.4, 0.5) is 0 Å². The van der Waals surface area contributed by atoms with E-state index in [-0.39, 0.29) is 0 Å². The molecule has 18 heavy (non-hydrogen) atoms. The van der Waals surface area contributed by atoms with Crippen molar-refractivity contribution in [1.29, 1.82) is 0 Å². The highest BCUT2D eigenvalue weighted by atomic mass is 16.3. The summed E-state index contributed by atoms with van der Waals surface area (Å²) in [5.41, 5.74) is 2.14. The molecule has 0 spiro atoms. The molecule has 1 aliphatic rings. The molecular weight excluding hydrogens is 220 g/mol. The van der Waals surface area contributed by atoms with Gasteiger partial charge in [-0.2, -0.15) is 0 Å². The van der Waals surface area contributed by atoms with E-state index in [0.29, 0.717) is 11.8 Å². The van der Waals surface area contributed by atoms with Gasteiger partial charge in [-0.15, -0.1) is 0 Å². The Morgan fingerprint density at radius 3 is 2.72 bits per heavy atom.